The Bertz CT molecular complexity index is 831. The second-order valence-corrected chi connectivity index (χ2v) is 17.8. The molecule has 2 rings (SSSR count). The molecule has 0 N–H and O–H groups in total. The predicted octanol–water partition coefficient (Wildman–Crippen LogP) is 1.57. The van der Waals surface area contributed by atoms with E-state index in [2.05, 4.69) is 0 Å². The Hall–Kier alpha value is -0.123. The van der Waals surface area contributed by atoms with Crippen LogP contribution in [0.5, 0.6) is 0 Å². The standard InChI is InChI=1S/C17H34O10S2Si/c1-16(2,3)30(8,9)22-10-11(26-28(6,18)19)12-13(27-29(7,20)21)14-15(23-12)25-17(4,5)24-14/h11-15H,10H2,1-9H3/t11-,12+,13+,14-,15-/m1/s1. The van der Waals surface area contributed by atoms with E-state index in [0.29, 0.717) is 0 Å². The molecule has 0 unspecified atom stereocenters. The van der Waals surface area contributed by atoms with Crippen molar-refractivity contribution in [2.75, 3.05) is 19.1 Å². The van der Waals surface area contributed by atoms with Gasteiger partial charge in [-0.1, -0.05) is 20.8 Å². The van der Waals surface area contributed by atoms with Crippen molar-refractivity contribution in [2.45, 2.75) is 89.2 Å². The van der Waals surface area contributed by atoms with Crippen LogP contribution in [0, 0.1) is 0 Å². The Morgan fingerprint density at radius 1 is 1.03 bits per heavy atom. The molecule has 2 saturated heterocycles. The summed E-state index contributed by atoms with van der Waals surface area (Å²) in [6.07, 6.45) is -3.43. The van der Waals surface area contributed by atoms with Gasteiger partial charge >= 0.3 is 0 Å². The van der Waals surface area contributed by atoms with Gasteiger partial charge in [-0.05, 0) is 32.0 Å². The number of rotatable bonds is 8. The molecule has 2 fully saturated rings. The second-order valence-electron chi connectivity index (χ2n) is 9.74. The Labute approximate surface area is 180 Å². The van der Waals surface area contributed by atoms with Gasteiger partial charge in [0, 0.05) is 0 Å². The second kappa shape index (κ2) is 8.34. The molecule has 30 heavy (non-hydrogen) atoms. The lowest BCUT2D eigenvalue weighted by molar-refractivity contribution is -0.223. The van der Waals surface area contributed by atoms with Crippen molar-refractivity contribution in [3.05, 3.63) is 0 Å². The third-order valence-electron chi connectivity index (χ3n) is 5.39. The van der Waals surface area contributed by atoms with E-state index in [0.717, 1.165) is 12.5 Å². The summed E-state index contributed by atoms with van der Waals surface area (Å²) in [6, 6.07) is 0. The van der Waals surface area contributed by atoms with Crippen LogP contribution >= 0.6 is 0 Å². The van der Waals surface area contributed by atoms with Crippen molar-refractivity contribution in [2.24, 2.45) is 0 Å². The first-order valence-corrected chi connectivity index (χ1v) is 16.2. The van der Waals surface area contributed by atoms with Gasteiger partial charge in [0.1, 0.15) is 24.4 Å². The predicted molar refractivity (Wildman–Crippen MR) is 111 cm³/mol. The first kappa shape index (κ1) is 26.1. The molecule has 2 aliphatic heterocycles. The summed E-state index contributed by atoms with van der Waals surface area (Å²) in [7, 11) is -10.1. The molecule has 5 atom stereocenters. The van der Waals surface area contributed by atoms with Crippen LogP contribution in [0.2, 0.25) is 18.1 Å². The average Bonchev–Trinajstić information content (AvgIpc) is 2.93. The lowest BCUT2D eigenvalue weighted by Gasteiger charge is -2.38. The molecule has 2 heterocycles. The maximum Gasteiger partial charge on any atom is 0.264 e. The van der Waals surface area contributed by atoms with Crippen molar-refractivity contribution in [3.8, 4) is 0 Å². The maximum absolute atomic E-state index is 11.9. The summed E-state index contributed by atoms with van der Waals surface area (Å²) in [4.78, 5) is 0. The van der Waals surface area contributed by atoms with Crippen LogP contribution in [0.15, 0.2) is 0 Å². The lowest BCUT2D eigenvalue weighted by Crippen LogP contribution is -2.50. The molecule has 0 aliphatic carbocycles. The minimum absolute atomic E-state index is 0.124. The van der Waals surface area contributed by atoms with E-state index < -0.39 is 65.0 Å². The Balaban J connectivity index is 2.33. The molecular formula is C17H34O10S2Si. The van der Waals surface area contributed by atoms with Gasteiger partial charge in [-0.2, -0.15) is 16.8 Å². The van der Waals surface area contributed by atoms with Gasteiger partial charge in [-0.3, -0.25) is 8.37 Å². The van der Waals surface area contributed by atoms with Gasteiger partial charge in [-0.25, -0.2) is 0 Å². The van der Waals surface area contributed by atoms with Gasteiger partial charge < -0.3 is 18.6 Å². The van der Waals surface area contributed by atoms with Gasteiger partial charge in [0.15, 0.2) is 20.4 Å². The first-order chi connectivity index (χ1) is 13.2. The zero-order valence-corrected chi connectivity index (χ0v) is 21.6. The molecule has 0 radical (unpaired) electrons. The molecule has 0 aromatic heterocycles. The summed E-state index contributed by atoms with van der Waals surface area (Å²) in [6.45, 7) is 13.3. The summed E-state index contributed by atoms with van der Waals surface area (Å²) in [5.41, 5.74) is 0. The van der Waals surface area contributed by atoms with Gasteiger partial charge in [0.05, 0.1) is 19.1 Å². The minimum atomic E-state index is -3.91. The molecule has 0 saturated carbocycles. The number of hydrogen-bond donors (Lipinski definition) is 0. The molecule has 178 valence electrons. The van der Waals surface area contributed by atoms with Crippen molar-refractivity contribution in [1.82, 2.24) is 0 Å². The van der Waals surface area contributed by atoms with Crippen molar-refractivity contribution >= 4 is 28.6 Å². The van der Waals surface area contributed by atoms with Crippen LogP contribution in [0.1, 0.15) is 34.6 Å². The fraction of sp³-hybridized carbons (Fsp3) is 1.00. The number of hydrogen-bond acceptors (Lipinski definition) is 10. The molecule has 0 bridgehead atoms. The van der Waals surface area contributed by atoms with Crippen molar-refractivity contribution in [1.29, 1.82) is 0 Å². The molecular weight excluding hydrogens is 456 g/mol. The minimum Gasteiger partial charge on any atom is -0.414 e. The van der Waals surface area contributed by atoms with E-state index in [9.17, 15) is 16.8 Å². The highest BCUT2D eigenvalue weighted by molar-refractivity contribution is 7.86. The van der Waals surface area contributed by atoms with E-state index in [-0.39, 0.29) is 11.6 Å². The quantitative estimate of drug-likeness (QED) is 0.366. The molecule has 0 aromatic carbocycles. The monoisotopic (exact) mass is 490 g/mol. The first-order valence-electron chi connectivity index (χ1n) is 9.62. The molecule has 0 aromatic rings. The average molecular weight is 491 g/mol. The van der Waals surface area contributed by atoms with Crippen LogP contribution in [-0.4, -0.2) is 80.8 Å². The molecule has 0 amide bonds. The molecule has 0 spiro atoms. The van der Waals surface area contributed by atoms with Crippen LogP contribution in [0.4, 0.5) is 0 Å². The highest BCUT2D eigenvalue weighted by Gasteiger charge is 2.59. The van der Waals surface area contributed by atoms with Gasteiger partial charge in [0.2, 0.25) is 0 Å². The van der Waals surface area contributed by atoms with Crippen LogP contribution in [0.3, 0.4) is 0 Å². The fourth-order valence-corrected chi connectivity index (χ4v) is 5.27. The van der Waals surface area contributed by atoms with E-state index >= 15 is 0 Å². The van der Waals surface area contributed by atoms with Gasteiger partial charge in [0.25, 0.3) is 20.2 Å². The topological polar surface area (TPSA) is 124 Å². The summed E-state index contributed by atoms with van der Waals surface area (Å²) < 4.78 is 81.5. The highest BCUT2D eigenvalue weighted by Crippen LogP contribution is 2.42. The van der Waals surface area contributed by atoms with Crippen LogP contribution < -0.4 is 0 Å². The number of fused-ring (bicyclic) bond motifs is 1. The van der Waals surface area contributed by atoms with Crippen LogP contribution in [-0.2, 0) is 47.2 Å². The van der Waals surface area contributed by atoms with Crippen LogP contribution in [0.25, 0.3) is 0 Å². The normalized spacial score (nSPS) is 31.0. The number of ether oxygens (including phenoxy) is 3. The van der Waals surface area contributed by atoms with E-state index in [1.807, 2.05) is 33.9 Å². The Kier molecular flexibility index (Phi) is 7.26. The van der Waals surface area contributed by atoms with Gasteiger partial charge in [-0.15, -0.1) is 0 Å². The molecule has 13 heteroatoms. The maximum atomic E-state index is 11.9. The fourth-order valence-electron chi connectivity index (χ4n) is 3.02. The summed E-state index contributed by atoms with van der Waals surface area (Å²) in [5.74, 6) is -1.01. The highest BCUT2D eigenvalue weighted by atomic mass is 32.2. The third kappa shape index (κ3) is 6.69. The summed E-state index contributed by atoms with van der Waals surface area (Å²) >= 11 is 0. The molecule has 10 nitrogen and oxygen atoms in total. The molecule has 2 aliphatic rings. The van der Waals surface area contributed by atoms with Crippen molar-refractivity contribution in [3.63, 3.8) is 0 Å². The SMILES string of the molecule is CC1(C)O[C@H]2O[C@@H]([C@@H](CO[Si](C)(C)C(C)(C)C)OS(C)(=O)=O)[C@H](OS(C)(=O)=O)[C@H]2O1. The summed E-state index contributed by atoms with van der Waals surface area (Å²) in [5, 5.41) is -0.130. The third-order valence-corrected chi connectivity index (χ3v) is 11.1. The van der Waals surface area contributed by atoms with E-state index in [4.69, 9.17) is 27.0 Å². The zero-order chi connectivity index (χ0) is 23.3. The van der Waals surface area contributed by atoms with E-state index in [1.54, 1.807) is 13.8 Å². The lowest BCUT2D eigenvalue weighted by atomic mass is 10.1. The largest absolute Gasteiger partial charge is 0.414 e. The zero-order valence-electron chi connectivity index (χ0n) is 19.0. The Morgan fingerprint density at radius 3 is 2.07 bits per heavy atom. The van der Waals surface area contributed by atoms with E-state index in [1.165, 1.54) is 0 Å². The smallest absolute Gasteiger partial charge is 0.264 e. The van der Waals surface area contributed by atoms with Crippen molar-refractivity contribution < 1.29 is 43.8 Å². The Morgan fingerprint density at radius 2 is 1.60 bits per heavy atom.